The zero-order valence-electron chi connectivity index (χ0n) is 8.44. The minimum absolute atomic E-state index is 0.105. The quantitative estimate of drug-likeness (QED) is 0.831. The van der Waals surface area contributed by atoms with E-state index in [0.29, 0.717) is 6.20 Å². The molecule has 0 N–H and O–H groups in total. The number of aromatic nitrogens is 2. The summed E-state index contributed by atoms with van der Waals surface area (Å²) in [6.07, 6.45) is -3.15. The smallest absolute Gasteiger partial charge is 0.293 e. The van der Waals surface area contributed by atoms with Gasteiger partial charge in [0.2, 0.25) is 0 Å². The van der Waals surface area contributed by atoms with E-state index in [4.69, 9.17) is 0 Å². The molecule has 17 heavy (non-hydrogen) atoms. The third-order valence-corrected chi connectivity index (χ3v) is 2.95. The fourth-order valence-corrected chi connectivity index (χ4v) is 1.99. The molecule has 0 aromatic carbocycles. The van der Waals surface area contributed by atoms with Gasteiger partial charge in [-0.3, -0.25) is 4.57 Å². The molecule has 2 aromatic heterocycles. The van der Waals surface area contributed by atoms with Crippen LogP contribution in [0.2, 0.25) is 0 Å². The average molecular weight is 260 g/mol. The van der Waals surface area contributed by atoms with Crippen molar-refractivity contribution in [2.45, 2.75) is 12.7 Å². The van der Waals surface area contributed by atoms with E-state index < -0.39 is 17.4 Å². The first-order valence-electron chi connectivity index (χ1n) is 4.63. The number of hydrogen-bond acceptors (Lipinski definition) is 3. The molecule has 0 amide bonds. The van der Waals surface area contributed by atoms with Gasteiger partial charge in [0.15, 0.2) is 0 Å². The van der Waals surface area contributed by atoms with Crippen molar-refractivity contribution in [3.63, 3.8) is 0 Å². The Balaban J connectivity index is 2.37. The first-order valence-corrected chi connectivity index (χ1v) is 5.51. The van der Waals surface area contributed by atoms with Crippen molar-refractivity contribution in [2.75, 3.05) is 0 Å². The van der Waals surface area contributed by atoms with Crippen LogP contribution in [0, 0.1) is 0 Å². The number of hydrogen-bond donors (Lipinski definition) is 0. The molecule has 90 valence electrons. The largest absolute Gasteiger partial charge is 0.419 e. The number of alkyl halides is 3. The lowest BCUT2D eigenvalue weighted by Crippen LogP contribution is -2.24. The van der Waals surface area contributed by atoms with Crippen molar-refractivity contribution < 1.29 is 13.2 Å². The molecule has 0 atom stereocenters. The molecule has 0 bridgehead atoms. The Morgan fingerprint density at radius 2 is 2.18 bits per heavy atom. The van der Waals surface area contributed by atoms with Crippen LogP contribution in [-0.2, 0) is 12.7 Å². The molecular formula is C10H7F3N2OS. The summed E-state index contributed by atoms with van der Waals surface area (Å²) in [4.78, 5) is 15.3. The monoisotopic (exact) mass is 260 g/mol. The van der Waals surface area contributed by atoms with E-state index in [2.05, 4.69) is 4.98 Å². The van der Waals surface area contributed by atoms with Gasteiger partial charge in [-0.2, -0.15) is 13.2 Å². The molecule has 0 aliphatic carbocycles. The summed E-state index contributed by atoms with van der Waals surface area (Å²) < 4.78 is 38.2. The van der Waals surface area contributed by atoms with Crippen molar-refractivity contribution in [2.24, 2.45) is 0 Å². The van der Waals surface area contributed by atoms with Gasteiger partial charge in [0.25, 0.3) is 0 Å². The van der Waals surface area contributed by atoms with Crippen LogP contribution >= 0.6 is 11.3 Å². The highest BCUT2D eigenvalue weighted by Gasteiger charge is 2.31. The van der Waals surface area contributed by atoms with Gasteiger partial charge in [-0.1, -0.05) is 6.07 Å². The lowest BCUT2D eigenvalue weighted by molar-refractivity contribution is -0.138. The maximum Gasteiger partial charge on any atom is 0.419 e. The molecule has 0 aliphatic heterocycles. The fraction of sp³-hybridized carbons (Fsp3) is 0.200. The second kappa shape index (κ2) is 4.33. The van der Waals surface area contributed by atoms with Crippen LogP contribution in [0.3, 0.4) is 0 Å². The summed E-state index contributed by atoms with van der Waals surface area (Å²) in [5.74, 6) is 0. The van der Waals surface area contributed by atoms with Crippen LogP contribution < -0.4 is 5.69 Å². The van der Waals surface area contributed by atoms with Crippen molar-refractivity contribution in [3.8, 4) is 0 Å². The van der Waals surface area contributed by atoms with Gasteiger partial charge in [0.05, 0.1) is 12.1 Å². The van der Waals surface area contributed by atoms with E-state index in [0.717, 1.165) is 15.6 Å². The maximum absolute atomic E-state index is 12.4. The molecular weight excluding hydrogens is 253 g/mol. The zero-order chi connectivity index (χ0) is 12.5. The van der Waals surface area contributed by atoms with E-state index in [-0.39, 0.29) is 6.54 Å². The number of nitrogens with zero attached hydrogens (tertiary/aromatic N) is 2. The van der Waals surface area contributed by atoms with E-state index in [1.54, 1.807) is 17.5 Å². The van der Waals surface area contributed by atoms with Crippen molar-refractivity contribution >= 4 is 11.3 Å². The van der Waals surface area contributed by atoms with Crippen LogP contribution in [-0.4, -0.2) is 9.55 Å². The van der Waals surface area contributed by atoms with Crippen LogP contribution in [0.1, 0.15) is 10.4 Å². The van der Waals surface area contributed by atoms with Gasteiger partial charge < -0.3 is 0 Å². The minimum Gasteiger partial charge on any atom is -0.293 e. The summed E-state index contributed by atoms with van der Waals surface area (Å²) in [7, 11) is 0. The Kier molecular flexibility index (Phi) is 3.01. The summed E-state index contributed by atoms with van der Waals surface area (Å²) >= 11 is 1.37. The lowest BCUT2D eigenvalue weighted by Gasteiger charge is -2.08. The van der Waals surface area contributed by atoms with Crippen LogP contribution in [0.25, 0.3) is 0 Å². The maximum atomic E-state index is 12.4. The number of halogens is 3. The Hall–Kier alpha value is -1.63. The molecule has 0 aliphatic rings. The molecule has 2 aromatic rings. The number of rotatable bonds is 2. The molecule has 0 saturated heterocycles. The first kappa shape index (κ1) is 11.8. The standard InChI is InChI=1S/C10H7F3N2OS/c11-10(12,13)7-4-14-9(16)15(5-7)6-8-2-1-3-17-8/h1-5H,6H2. The minimum atomic E-state index is -4.49. The molecule has 2 rings (SSSR count). The molecule has 3 nitrogen and oxygen atoms in total. The van der Waals surface area contributed by atoms with Crippen LogP contribution in [0.5, 0.6) is 0 Å². The first-order chi connectivity index (χ1) is 7.97. The highest BCUT2D eigenvalue weighted by atomic mass is 32.1. The topological polar surface area (TPSA) is 34.9 Å². The average Bonchev–Trinajstić information content (AvgIpc) is 2.72. The summed E-state index contributed by atoms with van der Waals surface area (Å²) in [6.45, 7) is 0.105. The van der Waals surface area contributed by atoms with Crippen LogP contribution in [0.4, 0.5) is 13.2 Å². The van der Waals surface area contributed by atoms with E-state index in [9.17, 15) is 18.0 Å². The van der Waals surface area contributed by atoms with Crippen molar-refractivity contribution in [1.29, 1.82) is 0 Å². The van der Waals surface area contributed by atoms with Gasteiger partial charge in [-0.15, -0.1) is 11.3 Å². The SMILES string of the molecule is O=c1ncc(C(F)(F)F)cn1Cc1cccs1. The third-order valence-electron chi connectivity index (χ3n) is 2.09. The summed E-state index contributed by atoms with van der Waals surface area (Å²) in [5, 5.41) is 1.79. The summed E-state index contributed by atoms with van der Waals surface area (Å²) in [5.41, 5.74) is -1.61. The summed E-state index contributed by atoms with van der Waals surface area (Å²) in [6, 6.07) is 3.52. The normalized spacial score (nSPS) is 11.7. The Labute approximate surface area is 98.2 Å². The van der Waals surface area contributed by atoms with Gasteiger partial charge in [-0.05, 0) is 11.4 Å². The molecule has 0 fully saturated rings. The van der Waals surface area contributed by atoms with E-state index >= 15 is 0 Å². The zero-order valence-corrected chi connectivity index (χ0v) is 9.26. The highest BCUT2D eigenvalue weighted by molar-refractivity contribution is 7.09. The Bertz CT molecular complexity index is 560. The van der Waals surface area contributed by atoms with Crippen molar-refractivity contribution in [1.82, 2.24) is 9.55 Å². The molecule has 0 saturated carbocycles. The molecule has 0 unspecified atom stereocenters. The highest BCUT2D eigenvalue weighted by Crippen LogP contribution is 2.27. The third kappa shape index (κ3) is 2.73. The van der Waals surface area contributed by atoms with Gasteiger partial charge in [0.1, 0.15) is 0 Å². The van der Waals surface area contributed by atoms with Crippen molar-refractivity contribution in [3.05, 3.63) is 50.8 Å². The van der Waals surface area contributed by atoms with Gasteiger partial charge in [-0.25, -0.2) is 9.78 Å². The Morgan fingerprint density at radius 3 is 2.76 bits per heavy atom. The van der Waals surface area contributed by atoms with E-state index in [1.165, 1.54) is 11.3 Å². The van der Waals surface area contributed by atoms with Crippen LogP contribution in [0.15, 0.2) is 34.7 Å². The lowest BCUT2D eigenvalue weighted by atomic mass is 10.3. The molecule has 2 heterocycles. The van der Waals surface area contributed by atoms with Gasteiger partial charge in [0, 0.05) is 17.3 Å². The van der Waals surface area contributed by atoms with E-state index in [1.807, 2.05) is 0 Å². The van der Waals surface area contributed by atoms with Gasteiger partial charge >= 0.3 is 11.9 Å². The fourth-order valence-electron chi connectivity index (χ4n) is 1.29. The second-order valence-electron chi connectivity index (χ2n) is 3.33. The predicted molar refractivity (Wildman–Crippen MR) is 56.9 cm³/mol. The molecule has 0 radical (unpaired) electrons. The second-order valence-corrected chi connectivity index (χ2v) is 4.36. The predicted octanol–water partition coefficient (Wildman–Crippen LogP) is 2.37. The Morgan fingerprint density at radius 1 is 1.41 bits per heavy atom. The number of thiophene rings is 1. The molecule has 0 spiro atoms. The molecule has 7 heteroatoms.